The lowest BCUT2D eigenvalue weighted by molar-refractivity contribution is 0.314. The molecule has 2 aliphatic rings. The van der Waals surface area contributed by atoms with E-state index in [9.17, 15) is 0 Å². The van der Waals surface area contributed by atoms with Crippen molar-refractivity contribution >= 4 is 15.9 Å². The molecule has 1 aromatic carbocycles. The van der Waals surface area contributed by atoms with Gasteiger partial charge in [0, 0.05) is 4.83 Å². The molecule has 18 heavy (non-hydrogen) atoms. The Morgan fingerprint density at radius 2 is 1.94 bits per heavy atom. The summed E-state index contributed by atoms with van der Waals surface area (Å²) in [6, 6.07) is 9.19. The summed E-state index contributed by atoms with van der Waals surface area (Å²) in [5, 5.41) is 0. The molecule has 0 heterocycles. The maximum atomic E-state index is 3.91. The Hall–Kier alpha value is -0.300. The summed E-state index contributed by atoms with van der Waals surface area (Å²) in [7, 11) is 0. The number of fused-ring (bicyclic) bond motifs is 2. The van der Waals surface area contributed by atoms with Crippen LogP contribution >= 0.6 is 15.9 Å². The van der Waals surface area contributed by atoms with Crippen molar-refractivity contribution in [2.45, 2.75) is 50.3 Å². The molecule has 2 fully saturated rings. The Balaban J connectivity index is 1.62. The third-order valence-electron chi connectivity index (χ3n) is 5.14. The highest BCUT2D eigenvalue weighted by Crippen LogP contribution is 2.51. The van der Waals surface area contributed by atoms with Crippen LogP contribution in [0.3, 0.4) is 0 Å². The van der Waals surface area contributed by atoms with Crippen molar-refractivity contribution in [1.82, 2.24) is 0 Å². The molecular formula is C17H23Br. The van der Waals surface area contributed by atoms with Crippen LogP contribution in [0, 0.1) is 17.8 Å². The monoisotopic (exact) mass is 306 g/mol. The van der Waals surface area contributed by atoms with Gasteiger partial charge in [0.2, 0.25) is 0 Å². The van der Waals surface area contributed by atoms with Gasteiger partial charge in [0.25, 0.3) is 0 Å². The number of benzene rings is 1. The van der Waals surface area contributed by atoms with Crippen LogP contribution in [0.25, 0.3) is 0 Å². The van der Waals surface area contributed by atoms with Crippen molar-refractivity contribution in [3.8, 4) is 0 Å². The van der Waals surface area contributed by atoms with Crippen molar-refractivity contribution in [2.24, 2.45) is 17.8 Å². The average molecular weight is 307 g/mol. The summed E-state index contributed by atoms with van der Waals surface area (Å²) < 4.78 is 0. The zero-order valence-electron chi connectivity index (χ0n) is 11.2. The van der Waals surface area contributed by atoms with E-state index in [4.69, 9.17) is 0 Å². The SMILES string of the molecule is CCc1ccc(C(Br)CC2CC3CCC2C3)cc1. The van der Waals surface area contributed by atoms with Gasteiger partial charge in [-0.05, 0) is 61.0 Å². The van der Waals surface area contributed by atoms with E-state index < -0.39 is 0 Å². The van der Waals surface area contributed by atoms with Crippen LogP contribution in [0.2, 0.25) is 0 Å². The fourth-order valence-corrected chi connectivity index (χ4v) is 4.81. The standard InChI is InChI=1S/C17H23Br/c1-2-12-3-6-14(7-4-12)17(18)11-16-10-13-5-8-15(16)9-13/h3-4,6-7,13,15-17H,2,5,8-11H2,1H3. The highest BCUT2D eigenvalue weighted by molar-refractivity contribution is 9.09. The summed E-state index contributed by atoms with van der Waals surface area (Å²) in [6.07, 6.45) is 8.52. The van der Waals surface area contributed by atoms with Gasteiger partial charge in [-0.2, -0.15) is 0 Å². The van der Waals surface area contributed by atoms with Gasteiger partial charge in [0.1, 0.15) is 0 Å². The highest BCUT2D eigenvalue weighted by Gasteiger charge is 2.39. The molecule has 2 bridgehead atoms. The molecule has 2 aliphatic carbocycles. The Kier molecular flexibility index (Phi) is 3.79. The number of hydrogen-bond donors (Lipinski definition) is 0. The number of alkyl halides is 1. The van der Waals surface area contributed by atoms with E-state index in [1.54, 1.807) is 0 Å². The lowest BCUT2D eigenvalue weighted by atomic mass is 9.84. The van der Waals surface area contributed by atoms with Gasteiger partial charge in [-0.1, -0.05) is 53.5 Å². The zero-order chi connectivity index (χ0) is 12.5. The largest absolute Gasteiger partial charge is 0.0839 e. The van der Waals surface area contributed by atoms with Gasteiger partial charge >= 0.3 is 0 Å². The summed E-state index contributed by atoms with van der Waals surface area (Å²) in [4.78, 5) is 0.563. The number of halogens is 1. The zero-order valence-corrected chi connectivity index (χ0v) is 12.8. The molecule has 4 atom stereocenters. The van der Waals surface area contributed by atoms with E-state index >= 15 is 0 Å². The van der Waals surface area contributed by atoms with Crippen molar-refractivity contribution in [1.29, 1.82) is 0 Å². The van der Waals surface area contributed by atoms with Crippen LogP contribution < -0.4 is 0 Å². The molecule has 4 unspecified atom stereocenters. The van der Waals surface area contributed by atoms with Gasteiger partial charge in [0.05, 0.1) is 0 Å². The molecule has 0 saturated heterocycles. The third kappa shape index (κ3) is 2.52. The molecule has 0 amide bonds. The van der Waals surface area contributed by atoms with Crippen molar-refractivity contribution < 1.29 is 0 Å². The van der Waals surface area contributed by atoms with E-state index in [1.165, 1.54) is 43.2 Å². The van der Waals surface area contributed by atoms with Crippen molar-refractivity contribution in [2.75, 3.05) is 0 Å². The van der Waals surface area contributed by atoms with Crippen molar-refractivity contribution in [3.05, 3.63) is 35.4 Å². The molecule has 0 spiro atoms. The molecular weight excluding hydrogens is 284 g/mol. The maximum Gasteiger partial charge on any atom is 0.0398 e. The molecule has 1 aromatic rings. The molecule has 0 aromatic heterocycles. The van der Waals surface area contributed by atoms with E-state index in [-0.39, 0.29) is 0 Å². The molecule has 0 aliphatic heterocycles. The second-order valence-corrected chi connectivity index (χ2v) is 7.34. The Labute approximate surface area is 119 Å². The molecule has 1 heteroatoms. The first-order valence-corrected chi connectivity index (χ1v) is 8.40. The van der Waals surface area contributed by atoms with Crippen LogP contribution in [0.4, 0.5) is 0 Å². The summed E-state index contributed by atoms with van der Waals surface area (Å²) in [5.74, 6) is 3.10. The normalized spacial score (nSPS) is 31.8. The Morgan fingerprint density at radius 1 is 1.17 bits per heavy atom. The molecule has 0 N–H and O–H groups in total. The summed E-state index contributed by atoms with van der Waals surface area (Å²) >= 11 is 3.91. The second kappa shape index (κ2) is 5.36. The van der Waals surface area contributed by atoms with Gasteiger partial charge in [-0.15, -0.1) is 0 Å². The second-order valence-electron chi connectivity index (χ2n) is 6.23. The number of rotatable bonds is 4. The van der Waals surface area contributed by atoms with Gasteiger partial charge in [-0.3, -0.25) is 0 Å². The van der Waals surface area contributed by atoms with Crippen LogP contribution in [0.15, 0.2) is 24.3 Å². The topological polar surface area (TPSA) is 0 Å². The van der Waals surface area contributed by atoms with Crippen LogP contribution in [-0.4, -0.2) is 0 Å². The average Bonchev–Trinajstić information content (AvgIpc) is 3.01. The van der Waals surface area contributed by atoms with E-state index in [0.29, 0.717) is 4.83 Å². The lowest BCUT2D eigenvalue weighted by Crippen LogP contribution is -2.12. The van der Waals surface area contributed by atoms with Gasteiger partial charge in [0.15, 0.2) is 0 Å². The smallest absolute Gasteiger partial charge is 0.0398 e. The molecule has 98 valence electrons. The minimum Gasteiger partial charge on any atom is -0.0839 e. The molecule has 2 saturated carbocycles. The van der Waals surface area contributed by atoms with E-state index in [2.05, 4.69) is 47.1 Å². The quantitative estimate of drug-likeness (QED) is 0.643. The first-order chi connectivity index (χ1) is 8.76. The maximum absolute atomic E-state index is 3.91. The summed E-state index contributed by atoms with van der Waals surface area (Å²) in [5.41, 5.74) is 2.91. The highest BCUT2D eigenvalue weighted by atomic mass is 79.9. The fraction of sp³-hybridized carbons (Fsp3) is 0.647. The van der Waals surface area contributed by atoms with Crippen LogP contribution in [-0.2, 0) is 6.42 Å². The Morgan fingerprint density at radius 3 is 2.50 bits per heavy atom. The molecule has 3 rings (SSSR count). The van der Waals surface area contributed by atoms with Crippen molar-refractivity contribution in [3.63, 3.8) is 0 Å². The van der Waals surface area contributed by atoms with E-state index in [1.807, 2.05) is 0 Å². The minimum atomic E-state index is 0.563. The number of aryl methyl sites for hydroxylation is 1. The van der Waals surface area contributed by atoms with E-state index in [0.717, 1.165) is 24.2 Å². The lowest BCUT2D eigenvalue weighted by Gasteiger charge is -2.24. The fourth-order valence-electron chi connectivity index (χ4n) is 4.03. The number of hydrogen-bond acceptors (Lipinski definition) is 0. The first-order valence-electron chi connectivity index (χ1n) is 7.49. The molecule has 0 nitrogen and oxygen atoms in total. The van der Waals surface area contributed by atoms with Gasteiger partial charge in [-0.25, -0.2) is 0 Å². The predicted molar refractivity (Wildman–Crippen MR) is 81.0 cm³/mol. The predicted octanol–water partition coefficient (Wildman–Crippen LogP) is 5.51. The first kappa shape index (κ1) is 12.7. The van der Waals surface area contributed by atoms with Crippen LogP contribution in [0.1, 0.15) is 55.0 Å². The Bertz CT molecular complexity index is 395. The molecule has 0 radical (unpaired) electrons. The summed E-state index contributed by atoms with van der Waals surface area (Å²) in [6.45, 7) is 2.22. The minimum absolute atomic E-state index is 0.563. The third-order valence-corrected chi connectivity index (χ3v) is 6.05. The van der Waals surface area contributed by atoms with Gasteiger partial charge < -0.3 is 0 Å². The van der Waals surface area contributed by atoms with Crippen LogP contribution in [0.5, 0.6) is 0 Å².